The van der Waals surface area contributed by atoms with E-state index in [9.17, 15) is 9.90 Å². The third-order valence-electron chi connectivity index (χ3n) is 2.85. The van der Waals surface area contributed by atoms with Gasteiger partial charge in [0.15, 0.2) is 13.0 Å². The molecule has 0 unspecified atom stereocenters. The Bertz CT molecular complexity index is 620. The number of hydrogen-bond donors (Lipinski definition) is 1. The van der Waals surface area contributed by atoms with E-state index in [4.69, 9.17) is 0 Å². The summed E-state index contributed by atoms with van der Waals surface area (Å²) in [5.41, 5.74) is 3.03. The molecule has 0 aliphatic rings. The number of carbonyl (C=O) groups excluding carboxylic acids is 1. The largest absolute Gasteiger partial charge is 0.538 e. The van der Waals surface area contributed by atoms with Crippen LogP contribution in [0.4, 0.5) is 5.69 Å². The predicted molar refractivity (Wildman–Crippen MR) is 72.4 cm³/mol. The van der Waals surface area contributed by atoms with Crippen LogP contribution < -0.4 is 15.1 Å². The Balaban J connectivity index is 1.94. The van der Waals surface area contributed by atoms with Gasteiger partial charge in [-0.15, -0.1) is 0 Å². The summed E-state index contributed by atoms with van der Waals surface area (Å²) in [6.45, 7) is 4.00. The SMILES string of the molecule is Cc1ccc(NC(=O)CSc2c([O-])on[n+]2C)cc1C. The van der Waals surface area contributed by atoms with Crippen LogP contribution in [0.3, 0.4) is 0 Å². The molecular formula is C13H15N3O3S. The molecule has 7 heteroatoms. The van der Waals surface area contributed by atoms with Crippen LogP contribution in [0.15, 0.2) is 27.7 Å². The first-order valence-corrected chi connectivity index (χ1v) is 6.99. The molecule has 0 aliphatic carbocycles. The van der Waals surface area contributed by atoms with Crippen LogP contribution in [-0.4, -0.2) is 16.9 Å². The summed E-state index contributed by atoms with van der Waals surface area (Å²) in [6.07, 6.45) is 0. The number of aromatic nitrogens is 2. The second kappa shape index (κ2) is 5.96. The lowest BCUT2D eigenvalue weighted by molar-refractivity contribution is -0.772. The molecule has 0 aliphatic heterocycles. The van der Waals surface area contributed by atoms with Crippen molar-refractivity contribution < 1.29 is 19.1 Å². The van der Waals surface area contributed by atoms with Gasteiger partial charge in [-0.05, 0) is 48.9 Å². The first-order valence-electron chi connectivity index (χ1n) is 6.00. The van der Waals surface area contributed by atoms with E-state index in [1.165, 1.54) is 10.2 Å². The maximum absolute atomic E-state index is 11.8. The van der Waals surface area contributed by atoms with Gasteiger partial charge >= 0.3 is 0 Å². The summed E-state index contributed by atoms with van der Waals surface area (Å²) in [4.78, 5) is 11.8. The van der Waals surface area contributed by atoms with Gasteiger partial charge in [0, 0.05) is 5.69 Å². The standard InChI is InChI=1S/C13H15N3O3S/c1-8-4-5-10(6-9(8)2)14-11(17)7-20-12-13(18)19-15-16(12)3/h4-6H,7H2,1-3H3,(H-,14,15,17,18). The second-order valence-corrected chi connectivity index (χ2v) is 5.39. The number of carbonyl (C=O) groups is 1. The first-order chi connectivity index (χ1) is 9.47. The predicted octanol–water partition coefficient (Wildman–Crippen LogP) is 0.920. The molecule has 1 heterocycles. The van der Waals surface area contributed by atoms with E-state index in [2.05, 4.69) is 15.1 Å². The van der Waals surface area contributed by atoms with Crippen molar-refractivity contribution in [1.29, 1.82) is 0 Å². The van der Waals surface area contributed by atoms with Crippen molar-refractivity contribution in [1.82, 2.24) is 5.27 Å². The van der Waals surface area contributed by atoms with Gasteiger partial charge in [-0.25, -0.2) is 0 Å². The molecule has 0 saturated carbocycles. The van der Waals surface area contributed by atoms with Crippen molar-refractivity contribution in [2.24, 2.45) is 7.05 Å². The molecule has 0 atom stereocenters. The highest BCUT2D eigenvalue weighted by atomic mass is 32.2. The van der Waals surface area contributed by atoms with Crippen LogP contribution in [0, 0.1) is 13.8 Å². The molecule has 2 aromatic rings. The molecule has 106 valence electrons. The fourth-order valence-corrected chi connectivity index (χ4v) is 2.32. The molecule has 1 aromatic heterocycles. The van der Waals surface area contributed by atoms with Gasteiger partial charge in [-0.3, -0.25) is 4.79 Å². The normalized spacial score (nSPS) is 10.6. The van der Waals surface area contributed by atoms with Crippen molar-refractivity contribution >= 4 is 23.4 Å². The molecule has 1 aromatic carbocycles. The molecule has 0 radical (unpaired) electrons. The number of anilines is 1. The molecule has 20 heavy (non-hydrogen) atoms. The smallest absolute Gasteiger partial charge is 0.291 e. The lowest BCUT2D eigenvalue weighted by Gasteiger charge is -2.06. The average molecular weight is 293 g/mol. The fourth-order valence-electron chi connectivity index (χ4n) is 1.61. The van der Waals surface area contributed by atoms with Gasteiger partial charge in [0.25, 0.3) is 5.03 Å². The summed E-state index contributed by atoms with van der Waals surface area (Å²) in [6, 6.07) is 5.72. The van der Waals surface area contributed by atoms with Gasteiger partial charge in [-0.1, -0.05) is 10.7 Å². The van der Waals surface area contributed by atoms with E-state index >= 15 is 0 Å². The number of hydrogen-bond acceptors (Lipinski definition) is 5. The van der Waals surface area contributed by atoms with Crippen molar-refractivity contribution in [2.75, 3.05) is 11.1 Å². The van der Waals surface area contributed by atoms with Crippen molar-refractivity contribution in [2.45, 2.75) is 18.9 Å². The van der Waals surface area contributed by atoms with Crippen LogP contribution in [0.2, 0.25) is 0 Å². The average Bonchev–Trinajstić information content (AvgIpc) is 2.71. The zero-order valence-corrected chi connectivity index (χ0v) is 12.3. The number of thioether (sulfide) groups is 1. The van der Waals surface area contributed by atoms with E-state index in [0.717, 1.165) is 23.0 Å². The molecular weight excluding hydrogens is 278 g/mol. The number of nitrogens with one attached hydrogen (secondary N) is 1. The quantitative estimate of drug-likeness (QED) is 0.669. The number of benzene rings is 1. The lowest BCUT2D eigenvalue weighted by Crippen LogP contribution is -2.32. The highest BCUT2D eigenvalue weighted by molar-refractivity contribution is 7.99. The number of nitrogens with zero attached hydrogens (tertiary/aromatic N) is 2. The van der Waals surface area contributed by atoms with E-state index in [0.29, 0.717) is 5.03 Å². The Morgan fingerprint density at radius 1 is 1.45 bits per heavy atom. The number of aryl methyl sites for hydroxylation is 3. The fraction of sp³-hybridized carbons (Fsp3) is 0.308. The Morgan fingerprint density at radius 3 is 2.80 bits per heavy atom. The summed E-state index contributed by atoms with van der Waals surface area (Å²) < 4.78 is 5.80. The van der Waals surface area contributed by atoms with Gasteiger partial charge in [0.2, 0.25) is 5.91 Å². The second-order valence-electron chi connectivity index (χ2n) is 4.43. The van der Waals surface area contributed by atoms with E-state index in [1.807, 2.05) is 32.0 Å². The third kappa shape index (κ3) is 3.30. The molecule has 6 nitrogen and oxygen atoms in total. The minimum absolute atomic E-state index is 0.122. The highest BCUT2D eigenvalue weighted by Crippen LogP contribution is 2.21. The maximum Gasteiger partial charge on any atom is 0.291 e. The topological polar surface area (TPSA) is 82.1 Å². The third-order valence-corrected chi connectivity index (χ3v) is 3.96. The van der Waals surface area contributed by atoms with Gasteiger partial charge in [0.05, 0.1) is 11.0 Å². The molecule has 0 spiro atoms. The van der Waals surface area contributed by atoms with Gasteiger partial charge in [-0.2, -0.15) is 0 Å². The minimum Gasteiger partial charge on any atom is -0.538 e. The van der Waals surface area contributed by atoms with Crippen LogP contribution in [0.1, 0.15) is 11.1 Å². The molecule has 1 N–H and O–H groups in total. The summed E-state index contributed by atoms with van der Waals surface area (Å²) >= 11 is 1.10. The summed E-state index contributed by atoms with van der Waals surface area (Å²) in [5.74, 6) is -0.590. The molecule has 0 saturated heterocycles. The van der Waals surface area contributed by atoms with Crippen LogP contribution in [0.25, 0.3) is 0 Å². The molecule has 2 rings (SSSR count). The number of amides is 1. The molecule has 0 bridgehead atoms. The van der Waals surface area contributed by atoms with Crippen molar-refractivity contribution in [3.8, 4) is 5.95 Å². The Morgan fingerprint density at radius 2 is 2.20 bits per heavy atom. The Hall–Kier alpha value is -2.02. The van der Waals surface area contributed by atoms with Crippen molar-refractivity contribution in [3.63, 3.8) is 0 Å². The monoisotopic (exact) mass is 293 g/mol. The van der Waals surface area contributed by atoms with E-state index in [-0.39, 0.29) is 11.7 Å². The van der Waals surface area contributed by atoms with Crippen LogP contribution in [0.5, 0.6) is 5.95 Å². The van der Waals surface area contributed by atoms with E-state index < -0.39 is 5.95 Å². The van der Waals surface area contributed by atoms with Crippen LogP contribution in [-0.2, 0) is 11.8 Å². The van der Waals surface area contributed by atoms with Gasteiger partial charge in [0.1, 0.15) is 0 Å². The maximum atomic E-state index is 11.8. The number of rotatable bonds is 4. The summed E-state index contributed by atoms with van der Waals surface area (Å²) in [7, 11) is 1.59. The van der Waals surface area contributed by atoms with Gasteiger partial charge < -0.3 is 14.9 Å². The summed E-state index contributed by atoms with van der Waals surface area (Å²) in [5, 5.41) is 17.9. The zero-order valence-electron chi connectivity index (χ0n) is 11.5. The first kappa shape index (κ1) is 14.4. The Kier molecular flexibility index (Phi) is 4.29. The van der Waals surface area contributed by atoms with Crippen molar-refractivity contribution in [3.05, 3.63) is 29.3 Å². The highest BCUT2D eigenvalue weighted by Gasteiger charge is 2.16. The lowest BCUT2D eigenvalue weighted by atomic mass is 10.1. The molecule has 0 fully saturated rings. The zero-order chi connectivity index (χ0) is 14.7. The van der Waals surface area contributed by atoms with E-state index in [1.54, 1.807) is 7.05 Å². The Labute approximate surface area is 120 Å². The minimum atomic E-state index is -0.531. The molecule has 1 amide bonds. The van der Waals surface area contributed by atoms with Crippen LogP contribution >= 0.6 is 11.8 Å².